The van der Waals surface area contributed by atoms with Crippen LogP contribution in [-0.4, -0.2) is 29.9 Å². The third-order valence-corrected chi connectivity index (χ3v) is 4.99. The fourth-order valence-electron chi connectivity index (χ4n) is 3.43. The first-order valence-electron chi connectivity index (χ1n) is 8.86. The second kappa shape index (κ2) is 7.71. The topological polar surface area (TPSA) is 66.8 Å². The number of hydrogen-bond acceptors (Lipinski definition) is 4. The number of halogens is 1. The Balaban J connectivity index is 1.75. The van der Waals surface area contributed by atoms with Gasteiger partial charge in [0.25, 0.3) is 5.91 Å². The van der Waals surface area contributed by atoms with Gasteiger partial charge in [-0.3, -0.25) is 9.59 Å². The Labute approximate surface area is 163 Å². The third-order valence-electron chi connectivity index (χ3n) is 4.68. The van der Waals surface area contributed by atoms with Crippen molar-refractivity contribution in [2.75, 3.05) is 18.1 Å². The smallest absolute Gasteiger partial charge is 0.264 e. The van der Waals surface area contributed by atoms with Crippen LogP contribution in [0.4, 0.5) is 5.69 Å². The molecule has 142 valence electrons. The van der Waals surface area contributed by atoms with Crippen LogP contribution in [0.25, 0.3) is 0 Å². The fraction of sp³-hybridized carbons (Fsp3) is 0.333. The molecule has 1 atom stereocenters. The van der Waals surface area contributed by atoms with E-state index in [0.717, 1.165) is 11.3 Å². The number of aliphatic hydroxyl groups is 1. The van der Waals surface area contributed by atoms with Crippen LogP contribution in [0.15, 0.2) is 42.5 Å². The SMILES string of the molecule is CC(=O)CC1(O)C(=O)N(CCCOc2ccccc2C)c2c(Cl)cccc21. The molecule has 0 spiro atoms. The number of ketones is 1. The standard InChI is InChI=1S/C21H22ClNO4/c1-14-7-3-4-10-18(14)27-12-6-11-23-19-16(8-5-9-17(19)22)21(26,20(23)25)13-15(2)24/h3-5,7-10,26H,6,11-13H2,1-2H3. The van der Waals surface area contributed by atoms with Crippen molar-refractivity contribution >= 4 is 29.0 Å². The summed E-state index contributed by atoms with van der Waals surface area (Å²) < 4.78 is 5.78. The lowest BCUT2D eigenvalue weighted by atomic mass is 9.90. The van der Waals surface area contributed by atoms with Crippen LogP contribution in [0.2, 0.25) is 5.02 Å². The summed E-state index contributed by atoms with van der Waals surface area (Å²) in [5.41, 5.74) is 0.0426. The molecule has 0 aromatic heterocycles. The molecule has 0 aliphatic carbocycles. The van der Waals surface area contributed by atoms with Crippen molar-refractivity contribution in [3.8, 4) is 5.75 Å². The zero-order valence-corrected chi connectivity index (χ0v) is 16.1. The minimum Gasteiger partial charge on any atom is -0.493 e. The molecule has 27 heavy (non-hydrogen) atoms. The van der Waals surface area contributed by atoms with E-state index in [2.05, 4.69) is 0 Å². The highest BCUT2D eigenvalue weighted by Gasteiger charge is 2.50. The predicted octanol–water partition coefficient (Wildman–Crippen LogP) is 3.63. The van der Waals surface area contributed by atoms with Gasteiger partial charge in [0.1, 0.15) is 11.5 Å². The van der Waals surface area contributed by atoms with E-state index in [0.29, 0.717) is 35.8 Å². The van der Waals surface area contributed by atoms with Crippen molar-refractivity contribution in [2.24, 2.45) is 0 Å². The summed E-state index contributed by atoms with van der Waals surface area (Å²) in [4.78, 5) is 26.0. The summed E-state index contributed by atoms with van der Waals surface area (Å²) in [5, 5.41) is 11.3. The number of ether oxygens (including phenoxy) is 1. The number of carbonyl (C=O) groups is 2. The van der Waals surface area contributed by atoms with Gasteiger partial charge in [-0.15, -0.1) is 0 Å². The van der Waals surface area contributed by atoms with Crippen molar-refractivity contribution in [1.82, 2.24) is 0 Å². The Hall–Kier alpha value is -2.37. The lowest BCUT2D eigenvalue weighted by Gasteiger charge is -2.22. The summed E-state index contributed by atoms with van der Waals surface area (Å²) in [6, 6.07) is 12.7. The highest BCUT2D eigenvalue weighted by atomic mass is 35.5. The number of Topliss-reactive ketones (excluding diaryl/α,β-unsaturated/α-hetero) is 1. The van der Waals surface area contributed by atoms with Crippen molar-refractivity contribution in [1.29, 1.82) is 0 Å². The van der Waals surface area contributed by atoms with E-state index < -0.39 is 11.5 Å². The van der Waals surface area contributed by atoms with E-state index in [9.17, 15) is 14.7 Å². The Morgan fingerprint density at radius 1 is 1.22 bits per heavy atom. The van der Waals surface area contributed by atoms with Crippen LogP contribution in [-0.2, 0) is 15.2 Å². The Kier molecular flexibility index (Phi) is 5.53. The molecule has 0 saturated heterocycles. The van der Waals surface area contributed by atoms with Crippen molar-refractivity contribution in [3.63, 3.8) is 0 Å². The quantitative estimate of drug-likeness (QED) is 0.737. The molecule has 3 rings (SSSR count). The predicted molar refractivity (Wildman–Crippen MR) is 104 cm³/mol. The molecule has 0 radical (unpaired) electrons. The van der Waals surface area contributed by atoms with E-state index >= 15 is 0 Å². The molecular weight excluding hydrogens is 366 g/mol. The van der Waals surface area contributed by atoms with Gasteiger partial charge in [0, 0.05) is 18.5 Å². The van der Waals surface area contributed by atoms with Gasteiger partial charge >= 0.3 is 0 Å². The van der Waals surface area contributed by atoms with Crippen LogP contribution in [0.5, 0.6) is 5.75 Å². The molecular formula is C21H22ClNO4. The molecule has 2 aromatic rings. The van der Waals surface area contributed by atoms with Crippen LogP contribution in [0.1, 0.15) is 30.9 Å². The summed E-state index contributed by atoms with van der Waals surface area (Å²) in [5.74, 6) is 0.0231. The molecule has 0 saturated carbocycles. The lowest BCUT2D eigenvalue weighted by molar-refractivity contribution is -0.141. The van der Waals surface area contributed by atoms with Crippen LogP contribution in [0.3, 0.4) is 0 Å². The summed E-state index contributed by atoms with van der Waals surface area (Å²) in [7, 11) is 0. The maximum Gasteiger partial charge on any atom is 0.264 e. The highest BCUT2D eigenvalue weighted by molar-refractivity contribution is 6.35. The maximum absolute atomic E-state index is 12.9. The molecule has 5 nitrogen and oxygen atoms in total. The molecule has 0 fully saturated rings. The van der Waals surface area contributed by atoms with Crippen molar-refractivity contribution < 1.29 is 19.4 Å². The average molecular weight is 388 g/mol. The molecule has 1 aliphatic rings. The number of rotatable bonds is 7. The number of para-hydroxylation sites is 2. The summed E-state index contributed by atoms with van der Waals surface area (Å²) >= 11 is 6.30. The van der Waals surface area contributed by atoms with Gasteiger partial charge in [0.15, 0.2) is 5.60 Å². The molecule has 6 heteroatoms. The van der Waals surface area contributed by atoms with E-state index in [1.54, 1.807) is 18.2 Å². The number of aryl methyl sites for hydroxylation is 1. The largest absolute Gasteiger partial charge is 0.493 e. The van der Waals surface area contributed by atoms with Gasteiger partial charge in [0.05, 0.1) is 17.3 Å². The molecule has 1 unspecified atom stereocenters. The number of anilines is 1. The Bertz CT molecular complexity index is 882. The van der Waals surface area contributed by atoms with Crippen molar-refractivity contribution in [3.05, 3.63) is 58.6 Å². The van der Waals surface area contributed by atoms with Gasteiger partial charge in [-0.25, -0.2) is 0 Å². The number of benzene rings is 2. The zero-order chi connectivity index (χ0) is 19.6. The van der Waals surface area contributed by atoms with E-state index in [1.165, 1.54) is 11.8 Å². The lowest BCUT2D eigenvalue weighted by Crippen LogP contribution is -2.42. The molecule has 1 aliphatic heterocycles. The first kappa shape index (κ1) is 19.4. The number of nitrogens with zero attached hydrogens (tertiary/aromatic N) is 1. The van der Waals surface area contributed by atoms with Gasteiger partial charge in [-0.1, -0.05) is 41.9 Å². The number of fused-ring (bicyclic) bond motifs is 1. The van der Waals surface area contributed by atoms with Crippen LogP contribution in [0, 0.1) is 6.92 Å². The Morgan fingerprint density at radius 2 is 1.96 bits per heavy atom. The molecule has 0 bridgehead atoms. The summed E-state index contributed by atoms with van der Waals surface area (Å²) in [6.45, 7) is 4.08. The molecule has 1 N–H and O–H groups in total. The molecule has 1 amide bonds. The zero-order valence-electron chi connectivity index (χ0n) is 15.4. The van der Waals surface area contributed by atoms with E-state index in [4.69, 9.17) is 16.3 Å². The van der Waals surface area contributed by atoms with Gasteiger partial charge in [0.2, 0.25) is 0 Å². The third kappa shape index (κ3) is 3.70. The second-order valence-corrected chi connectivity index (χ2v) is 7.21. The number of hydrogen-bond donors (Lipinski definition) is 1. The minimum atomic E-state index is -1.86. The van der Waals surface area contributed by atoms with Crippen LogP contribution >= 0.6 is 11.6 Å². The minimum absolute atomic E-state index is 0.262. The first-order chi connectivity index (χ1) is 12.8. The van der Waals surface area contributed by atoms with Gasteiger partial charge < -0.3 is 14.7 Å². The second-order valence-electron chi connectivity index (χ2n) is 6.80. The monoisotopic (exact) mass is 387 g/mol. The molecule has 2 aromatic carbocycles. The van der Waals surface area contributed by atoms with E-state index in [1.807, 2.05) is 31.2 Å². The maximum atomic E-state index is 12.9. The fourth-order valence-corrected chi connectivity index (χ4v) is 3.71. The van der Waals surface area contributed by atoms with Crippen molar-refractivity contribution in [2.45, 2.75) is 32.3 Å². The number of amides is 1. The normalized spacial score (nSPS) is 18.5. The average Bonchev–Trinajstić information content (AvgIpc) is 2.82. The summed E-state index contributed by atoms with van der Waals surface area (Å²) in [6.07, 6.45) is 0.288. The highest BCUT2D eigenvalue weighted by Crippen LogP contribution is 2.46. The van der Waals surface area contributed by atoms with Crippen LogP contribution < -0.4 is 9.64 Å². The van der Waals surface area contributed by atoms with Gasteiger partial charge in [-0.2, -0.15) is 0 Å². The molecule has 1 heterocycles. The first-order valence-corrected chi connectivity index (χ1v) is 9.23. The number of carbonyl (C=O) groups excluding carboxylic acids is 2. The Morgan fingerprint density at radius 3 is 2.67 bits per heavy atom. The van der Waals surface area contributed by atoms with E-state index in [-0.39, 0.29) is 12.2 Å². The van der Waals surface area contributed by atoms with Gasteiger partial charge in [-0.05, 0) is 38.0 Å².